The van der Waals surface area contributed by atoms with Crippen LogP contribution in [0, 0.1) is 5.92 Å². The Hall–Kier alpha value is -1.03. The highest BCUT2D eigenvalue weighted by Gasteiger charge is 2.25. The van der Waals surface area contributed by atoms with Crippen molar-refractivity contribution >= 4 is 18.4 Å². The molecule has 0 radical (unpaired) electrons. The summed E-state index contributed by atoms with van der Waals surface area (Å²) < 4.78 is 2.08. The summed E-state index contributed by atoms with van der Waals surface area (Å²) in [5, 5.41) is 8.89. The van der Waals surface area contributed by atoms with Crippen molar-refractivity contribution in [2.45, 2.75) is 32.7 Å². The Morgan fingerprint density at radius 1 is 1.73 bits per heavy atom. The first-order chi connectivity index (χ1) is 6.70. The second-order valence-corrected chi connectivity index (χ2v) is 3.72. The van der Waals surface area contributed by atoms with Crippen LogP contribution in [-0.2, 0) is 24.2 Å². The molecule has 1 atom stereocenters. The molecule has 1 aromatic heterocycles. The van der Waals surface area contributed by atoms with Gasteiger partial charge >= 0.3 is 5.97 Å². The van der Waals surface area contributed by atoms with Crippen LogP contribution in [0.1, 0.15) is 24.9 Å². The second-order valence-electron chi connectivity index (χ2n) is 3.72. The quantitative estimate of drug-likeness (QED) is 0.838. The third-order valence-electron chi connectivity index (χ3n) is 2.77. The minimum Gasteiger partial charge on any atom is -0.481 e. The zero-order valence-electron chi connectivity index (χ0n) is 8.64. The Kier molecular flexibility index (Phi) is 3.74. The number of aryl methyl sites for hydroxylation is 2. The van der Waals surface area contributed by atoms with E-state index in [9.17, 15) is 4.79 Å². The molecule has 1 N–H and O–H groups in total. The summed E-state index contributed by atoms with van der Waals surface area (Å²) in [5.74, 6) is -0.00703. The molecule has 0 aromatic carbocycles. The number of nitrogens with zero attached hydrogens (tertiary/aromatic N) is 2. The van der Waals surface area contributed by atoms with E-state index >= 15 is 0 Å². The van der Waals surface area contributed by atoms with Crippen molar-refractivity contribution < 1.29 is 9.90 Å². The van der Waals surface area contributed by atoms with Crippen LogP contribution < -0.4 is 0 Å². The molecule has 84 valence electrons. The molecule has 0 saturated carbocycles. The number of rotatable bonds is 2. The molecule has 15 heavy (non-hydrogen) atoms. The van der Waals surface area contributed by atoms with Crippen molar-refractivity contribution in [3.8, 4) is 0 Å². The molecule has 2 heterocycles. The molecule has 0 bridgehead atoms. The highest BCUT2D eigenvalue weighted by Crippen LogP contribution is 2.20. The maximum Gasteiger partial charge on any atom is 0.307 e. The summed E-state index contributed by atoms with van der Waals surface area (Å²) >= 11 is 0. The molecule has 1 aliphatic rings. The molecule has 4 nitrogen and oxygen atoms in total. The van der Waals surface area contributed by atoms with Gasteiger partial charge in [-0.1, -0.05) is 6.92 Å². The average molecular weight is 231 g/mol. The number of halogens is 1. The van der Waals surface area contributed by atoms with Gasteiger partial charge in [-0.3, -0.25) is 4.79 Å². The zero-order chi connectivity index (χ0) is 10.1. The Morgan fingerprint density at radius 2 is 2.47 bits per heavy atom. The smallest absolute Gasteiger partial charge is 0.307 e. The Balaban J connectivity index is 0.00000112. The van der Waals surface area contributed by atoms with E-state index in [-0.39, 0.29) is 18.3 Å². The number of fused-ring (bicyclic) bond motifs is 1. The number of carboxylic acid groups (broad SMARTS) is 1. The fraction of sp³-hybridized carbons (Fsp3) is 0.600. The molecule has 1 aromatic rings. The van der Waals surface area contributed by atoms with E-state index < -0.39 is 5.97 Å². The minimum absolute atomic E-state index is 0. The monoisotopic (exact) mass is 230 g/mol. The normalized spacial score (nSPS) is 19.1. The van der Waals surface area contributed by atoms with E-state index in [0.29, 0.717) is 6.42 Å². The van der Waals surface area contributed by atoms with Gasteiger partial charge in [0.25, 0.3) is 0 Å². The Bertz CT molecular complexity index is 362. The molecule has 1 aliphatic heterocycles. The first-order valence-corrected chi connectivity index (χ1v) is 4.98. The van der Waals surface area contributed by atoms with Crippen LogP contribution in [-0.4, -0.2) is 20.6 Å². The van der Waals surface area contributed by atoms with Gasteiger partial charge in [-0.15, -0.1) is 12.4 Å². The number of carbonyl (C=O) groups is 1. The maximum absolute atomic E-state index is 10.8. The van der Waals surface area contributed by atoms with Crippen molar-refractivity contribution in [3.05, 3.63) is 17.7 Å². The van der Waals surface area contributed by atoms with Crippen LogP contribution in [0.3, 0.4) is 0 Å². The summed E-state index contributed by atoms with van der Waals surface area (Å²) in [7, 11) is 0. The maximum atomic E-state index is 10.8. The number of hydrogen-bond acceptors (Lipinski definition) is 2. The summed E-state index contributed by atoms with van der Waals surface area (Å²) in [6.07, 6.45) is 4.25. The Morgan fingerprint density at radius 3 is 3.07 bits per heavy atom. The van der Waals surface area contributed by atoms with E-state index in [2.05, 4.69) is 16.5 Å². The van der Waals surface area contributed by atoms with Gasteiger partial charge in [0.2, 0.25) is 0 Å². The first kappa shape index (κ1) is 12.0. The molecule has 0 saturated heterocycles. The van der Waals surface area contributed by atoms with Crippen LogP contribution in [0.4, 0.5) is 0 Å². The fourth-order valence-electron chi connectivity index (χ4n) is 1.87. The topological polar surface area (TPSA) is 55.1 Å². The average Bonchev–Trinajstić information content (AvgIpc) is 2.58. The second kappa shape index (κ2) is 4.66. The molecule has 0 fully saturated rings. The number of carboxylic acids is 1. The van der Waals surface area contributed by atoms with Gasteiger partial charge in [-0.05, 0) is 12.8 Å². The predicted molar refractivity (Wildman–Crippen MR) is 58.3 cm³/mol. The number of aliphatic carboxylic acids is 1. The van der Waals surface area contributed by atoms with Crippen LogP contribution in [0.15, 0.2) is 6.20 Å². The largest absolute Gasteiger partial charge is 0.481 e. The van der Waals surface area contributed by atoms with E-state index in [4.69, 9.17) is 5.11 Å². The van der Waals surface area contributed by atoms with Gasteiger partial charge in [0.1, 0.15) is 5.82 Å². The van der Waals surface area contributed by atoms with Crippen molar-refractivity contribution in [1.82, 2.24) is 9.55 Å². The number of aromatic nitrogens is 2. The summed E-state index contributed by atoms with van der Waals surface area (Å²) in [6, 6.07) is 0. The van der Waals surface area contributed by atoms with E-state index in [1.54, 1.807) is 0 Å². The third-order valence-corrected chi connectivity index (χ3v) is 2.77. The van der Waals surface area contributed by atoms with Gasteiger partial charge in [-0.25, -0.2) is 4.98 Å². The fourth-order valence-corrected chi connectivity index (χ4v) is 1.87. The van der Waals surface area contributed by atoms with Gasteiger partial charge < -0.3 is 9.67 Å². The first-order valence-electron chi connectivity index (χ1n) is 4.98. The highest BCUT2D eigenvalue weighted by atomic mass is 35.5. The molecule has 5 heteroatoms. The van der Waals surface area contributed by atoms with Crippen molar-refractivity contribution in [2.24, 2.45) is 5.92 Å². The highest BCUT2D eigenvalue weighted by molar-refractivity contribution is 5.85. The lowest BCUT2D eigenvalue weighted by molar-refractivity contribution is -0.142. The van der Waals surface area contributed by atoms with Crippen LogP contribution in [0.2, 0.25) is 0 Å². The molecule has 0 amide bonds. The number of imidazole rings is 1. The van der Waals surface area contributed by atoms with E-state index in [0.717, 1.165) is 30.9 Å². The standard InChI is InChI=1S/C10H14N2O2.ClH/c1-2-8-6-12-4-3-7(10(13)14)5-9(12)11-8;/h6-7H,2-5H2,1H3,(H,13,14);1H. The van der Waals surface area contributed by atoms with Crippen LogP contribution >= 0.6 is 12.4 Å². The molecular formula is C10H15ClN2O2. The van der Waals surface area contributed by atoms with E-state index in [1.807, 2.05) is 6.20 Å². The van der Waals surface area contributed by atoms with Crippen LogP contribution in [0.25, 0.3) is 0 Å². The van der Waals surface area contributed by atoms with Crippen molar-refractivity contribution in [1.29, 1.82) is 0 Å². The van der Waals surface area contributed by atoms with Gasteiger partial charge in [0, 0.05) is 19.2 Å². The third kappa shape index (κ3) is 2.31. The molecule has 0 spiro atoms. The summed E-state index contributed by atoms with van der Waals surface area (Å²) in [4.78, 5) is 15.2. The van der Waals surface area contributed by atoms with Crippen molar-refractivity contribution in [3.63, 3.8) is 0 Å². The van der Waals surface area contributed by atoms with Gasteiger partial charge in [-0.2, -0.15) is 0 Å². The molecule has 0 aliphatic carbocycles. The predicted octanol–water partition coefficient (Wildman–Crippen LogP) is 1.51. The molecular weight excluding hydrogens is 216 g/mol. The Labute approximate surface area is 94.7 Å². The minimum atomic E-state index is -0.697. The zero-order valence-corrected chi connectivity index (χ0v) is 9.46. The van der Waals surface area contributed by atoms with Gasteiger partial charge in [0.05, 0.1) is 11.6 Å². The SMILES string of the molecule is CCc1cn2c(n1)CC(C(=O)O)CC2.Cl. The lowest BCUT2D eigenvalue weighted by Gasteiger charge is -2.19. The summed E-state index contributed by atoms with van der Waals surface area (Å²) in [5.41, 5.74) is 1.06. The lowest BCUT2D eigenvalue weighted by atomic mass is 9.98. The van der Waals surface area contributed by atoms with Gasteiger partial charge in [0.15, 0.2) is 0 Å². The molecule has 1 unspecified atom stereocenters. The van der Waals surface area contributed by atoms with Crippen LogP contribution in [0.5, 0.6) is 0 Å². The number of hydrogen-bond donors (Lipinski definition) is 1. The van der Waals surface area contributed by atoms with Crippen molar-refractivity contribution in [2.75, 3.05) is 0 Å². The van der Waals surface area contributed by atoms with E-state index in [1.165, 1.54) is 0 Å². The lowest BCUT2D eigenvalue weighted by Crippen LogP contribution is -2.25. The molecule has 2 rings (SSSR count). The summed E-state index contributed by atoms with van der Waals surface area (Å²) in [6.45, 7) is 2.85.